The number of alkyl halides is 2. The third-order valence-corrected chi connectivity index (χ3v) is 5.20. The van der Waals surface area contributed by atoms with Crippen molar-refractivity contribution in [2.24, 2.45) is 0 Å². The van der Waals surface area contributed by atoms with E-state index >= 15 is 0 Å². The number of amides is 2. The van der Waals surface area contributed by atoms with E-state index in [1.807, 2.05) is 0 Å². The maximum atomic E-state index is 13.0. The Morgan fingerprint density at radius 2 is 1.87 bits per heavy atom. The summed E-state index contributed by atoms with van der Waals surface area (Å²) in [5.74, 6) is -0.603. The molecule has 1 unspecified atom stereocenters. The number of Topliss-reactive ketones (excluding diaryl/α,β-unsaturated/α-hetero) is 1. The number of hydrogen-bond acceptors (Lipinski definition) is 6. The number of carbonyl (C=O) groups is 3. The first kappa shape index (κ1) is 24.5. The zero-order chi connectivity index (χ0) is 22.5. The van der Waals surface area contributed by atoms with E-state index in [2.05, 4.69) is 5.32 Å². The molecule has 0 aliphatic carbocycles. The molecule has 2 rings (SSSR count). The second-order valence-corrected chi connectivity index (χ2v) is 8.95. The number of hydrogen-bond donors (Lipinski definition) is 1. The van der Waals surface area contributed by atoms with Gasteiger partial charge in [0.2, 0.25) is 0 Å². The third kappa shape index (κ3) is 7.16. The molecule has 2 saturated heterocycles. The zero-order valence-electron chi connectivity index (χ0n) is 18.2. The summed E-state index contributed by atoms with van der Waals surface area (Å²) in [7, 11) is 0. The van der Waals surface area contributed by atoms with Gasteiger partial charge in [0.1, 0.15) is 11.7 Å². The zero-order valence-corrected chi connectivity index (χ0v) is 18.2. The van der Waals surface area contributed by atoms with E-state index in [1.165, 1.54) is 4.90 Å². The van der Waals surface area contributed by atoms with Crippen molar-refractivity contribution in [1.29, 1.82) is 0 Å². The van der Waals surface area contributed by atoms with Gasteiger partial charge in [0.05, 0.1) is 18.7 Å². The molecule has 8 nitrogen and oxygen atoms in total. The van der Waals surface area contributed by atoms with Crippen LogP contribution < -0.4 is 5.32 Å². The van der Waals surface area contributed by atoms with Crippen molar-refractivity contribution in [3.05, 3.63) is 0 Å². The topological polar surface area (TPSA) is 88.2 Å². The first-order valence-electron chi connectivity index (χ1n) is 10.4. The molecular weight excluding hydrogens is 400 g/mol. The van der Waals surface area contributed by atoms with E-state index in [4.69, 9.17) is 9.47 Å². The van der Waals surface area contributed by atoms with Gasteiger partial charge in [-0.3, -0.25) is 14.5 Å². The number of nitrogens with zero attached hydrogens (tertiary/aromatic N) is 2. The van der Waals surface area contributed by atoms with E-state index in [9.17, 15) is 23.2 Å². The molecular formula is C20H33F2N3O5. The highest BCUT2D eigenvalue weighted by Crippen LogP contribution is 2.33. The normalized spacial score (nSPS) is 22.2. The van der Waals surface area contributed by atoms with Gasteiger partial charge >= 0.3 is 6.09 Å². The van der Waals surface area contributed by atoms with Crippen LogP contribution in [0.2, 0.25) is 0 Å². The van der Waals surface area contributed by atoms with Crippen LogP contribution >= 0.6 is 0 Å². The molecule has 172 valence electrons. The number of rotatable bonds is 6. The van der Waals surface area contributed by atoms with Crippen molar-refractivity contribution in [3.63, 3.8) is 0 Å². The van der Waals surface area contributed by atoms with E-state index in [1.54, 1.807) is 32.6 Å². The lowest BCUT2D eigenvalue weighted by atomic mass is 9.88. The lowest BCUT2D eigenvalue weighted by Crippen LogP contribution is -2.63. The molecule has 2 aliphatic rings. The molecule has 10 heteroatoms. The molecule has 30 heavy (non-hydrogen) atoms. The summed E-state index contributed by atoms with van der Waals surface area (Å²) < 4.78 is 37.5. The van der Waals surface area contributed by atoms with Crippen molar-refractivity contribution in [3.8, 4) is 0 Å². The van der Waals surface area contributed by atoms with E-state index in [0.717, 1.165) is 0 Å². The second-order valence-electron chi connectivity index (χ2n) is 8.95. The monoisotopic (exact) mass is 433 g/mol. The summed E-state index contributed by atoms with van der Waals surface area (Å²) in [6.07, 6.45) is -2.80. The number of halogens is 2. The van der Waals surface area contributed by atoms with Crippen molar-refractivity contribution in [2.75, 3.05) is 39.3 Å². The number of ether oxygens (including phenoxy) is 2. The Kier molecular flexibility index (Phi) is 8.15. The smallest absolute Gasteiger partial charge is 0.410 e. The highest BCUT2D eigenvalue weighted by atomic mass is 19.3. The van der Waals surface area contributed by atoms with Crippen LogP contribution in [-0.2, 0) is 19.1 Å². The van der Waals surface area contributed by atoms with Gasteiger partial charge in [-0.05, 0) is 33.6 Å². The lowest BCUT2D eigenvalue weighted by molar-refractivity contribution is -0.186. The summed E-state index contributed by atoms with van der Waals surface area (Å²) in [4.78, 5) is 39.4. The fourth-order valence-corrected chi connectivity index (χ4v) is 3.68. The molecule has 0 aromatic heterocycles. The van der Waals surface area contributed by atoms with E-state index < -0.39 is 42.3 Å². The van der Waals surface area contributed by atoms with Crippen molar-refractivity contribution >= 4 is 17.8 Å². The minimum Gasteiger partial charge on any atom is -0.444 e. The largest absolute Gasteiger partial charge is 0.444 e. The second kappa shape index (κ2) is 10.00. The maximum Gasteiger partial charge on any atom is 0.410 e. The molecule has 1 N–H and O–H groups in total. The Morgan fingerprint density at radius 1 is 1.23 bits per heavy atom. The predicted octanol–water partition coefficient (Wildman–Crippen LogP) is 1.82. The minimum absolute atomic E-state index is 0.0357. The molecule has 0 saturated carbocycles. The van der Waals surface area contributed by atoms with Crippen LogP contribution in [0.5, 0.6) is 0 Å². The van der Waals surface area contributed by atoms with E-state index in [-0.39, 0.29) is 25.4 Å². The average Bonchev–Trinajstić information content (AvgIpc) is 2.64. The highest BCUT2D eigenvalue weighted by Gasteiger charge is 2.46. The average molecular weight is 433 g/mol. The summed E-state index contributed by atoms with van der Waals surface area (Å²) in [5.41, 5.74) is -1.41. The summed E-state index contributed by atoms with van der Waals surface area (Å²) in [6.45, 7) is 7.48. The number of ketones is 1. The van der Waals surface area contributed by atoms with Crippen LogP contribution in [-0.4, -0.2) is 90.6 Å². The van der Waals surface area contributed by atoms with Crippen molar-refractivity contribution in [1.82, 2.24) is 15.1 Å². The first-order valence-corrected chi connectivity index (χ1v) is 10.4. The number of likely N-dealkylation sites (tertiary alicyclic amines) is 1. The molecule has 1 spiro atoms. The van der Waals surface area contributed by atoms with Gasteiger partial charge in [0.15, 0.2) is 5.78 Å². The number of morpholine rings is 1. The van der Waals surface area contributed by atoms with Crippen LogP contribution in [0.15, 0.2) is 0 Å². The fourth-order valence-electron chi connectivity index (χ4n) is 3.68. The predicted molar refractivity (Wildman–Crippen MR) is 105 cm³/mol. The van der Waals surface area contributed by atoms with Crippen LogP contribution in [0.25, 0.3) is 0 Å². The Balaban J connectivity index is 2.04. The Hall–Kier alpha value is -1.81. The molecule has 2 heterocycles. The number of piperidine rings is 1. The van der Waals surface area contributed by atoms with Crippen molar-refractivity contribution < 1.29 is 32.6 Å². The van der Waals surface area contributed by atoms with E-state index in [0.29, 0.717) is 32.4 Å². The highest BCUT2D eigenvalue weighted by molar-refractivity contribution is 5.88. The number of carbonyl (C=O) groups excluding carboxylic acids is 3. The van der Waals surface area contributed by atoms with Gasteiger partial charge in [-0.1, -0.05) is 6.92 Å². The van der Waals surface area contributed by atoms with Gasteiger partial charge in [0.25, 0.3) is 12.3 Å². The Labute approximate surface area is 176 Å². The van der Waals surface area contributed by atoms with Crippen LogP contribution in [0.1, 0.15) is 47.0 Å². The van der Waals surface area contributed by atoms with Crippen LogP contribution in [0, 0.1) is 0 Å². The molecule has 1 atom stereocenters. The van der Waals surface area contributed by atoms with Gasteiger partial charge in [-0.2, -0.15) is 0 Å². The summed E-state index contributed by atoms with van der Waals surface area (Å²) >= 11 is 0. The van der Waals surface area contributed by atoms with Gasteiger partial charge < -0.3 is 19.7 Å². The third-order valence-electron chi connectivity index (χ3n) is 5.20. The van der Waals surface area contributed by atoms with Gasteiger partial charge in [0, 0.05) is 32.6 Å². The molecule has 0 bridgehead atoms. The molecule has 0 aromatic carbocycles. The van der Waals surface area contributed by atoms with Crippen LogP contribution in [0.3, 0.4) is 0 Å². The SMILES string of the molecule is CCC(=O)CNC(=O)C1CN(CC(F)F)CC2(CCN(C(=O)OC(C)(C)C)CC2)O1. The standard InChI is InChI=1S/C20H33F2N3O5/c1-5-14(26)10-23-17(27)15-11-24(12-16(21)22)13-20(29-15)6-8-25(9-7-20)18(28)30-19(2,3)4/h15-16H,5-13H2,1-4H3,(H,23,27). The lowest BCUT2D eigenvalue weighted by Gasteiger charge is -2.49. The fraction of sp³-hybridized carbons (Fsp3) is 0.850. The maximum absolute atomic E-state index is 13.0. The Bertz CT molecular complexity index is 630. The molecule has 2 amide bonds. The quantitative estimate of drug-likeness (QED) is 0.688. The van der Waals surface area contributed by atoms with Crippen molar-refractivity contribution in [2.45, 2.75) is 70.7 Å². The minimum atomic E-state index is -2.53. The molecule has 0 radical (unpaired) electrons. The molecule has 2 aliphatic heterocycles. The number of nitrogens with one attached hydrogen (secondary N) is 1. The van der Waals surface area contributed by atoms with Crippen LogP contribution in [0.4, 0.5) is 13.6 Å². The summed E-state index contributed by atoms with van der Waals surface area (Å²) in [6, 6.07) is 0. The summed E-state index contributed by atoms with van der Waals surface area (Å²) in [5, 5.41) is 2.54. The Morgan fingerprint density at radius 3 is 2.40 bits per heavy atom. The van der Waals surface area contributed by atoms with Gasteiger partial charge in [-0.15, -0.1) is 0 Å². The first-order chi connectivity index (χ1) is 13.9. The molecule has 0 aromatic rings. The van der Waals surface area contributed by atoms with Gasteiger partial charge in [-0.25, -0.2) is 13.6 Å². The molecule has 2 fully saturated rings.